The molecule has 0 bridgehead atoms. The summed E-state index contributed by atoms with van der Waals surface area (Å²) in [4.78, 5) is 1.86. The normalized spacial score (nSPS) is 12.6. The predicted molar refractivity (Wildman–Crippen MR) is 53.9 cm³/mol. The summed E-state index contributed by atoms with van der Waals surface area (Å²) in [7, 11) is -1.09. The summed E-state index contributed by atoms with van der Waals surface area (Å²) >= 11 is 4.89. The molecule has 0 saturated carbocycles. The zero-order valence-electron chi connectivity index (χ0n) is 6.44. The van der Waals surface area contributed by atoms with Gasteiger partial charge in [-0.15, -0.1) is 0 Å². The average molecular weight is 213 g/mol. The maximum atomic E-state index is 10.3. The molecule has 0 spiro atoms. The van der Waals surface area contributed by atoms with Gasteiger partial charge in [-0.3, -0.25) is 4.55 Å². The molecule has 0 saturated heterocycles. The Kier molecular flexibility index (Phi) is 6.12. The fraction of sp³-hybridized carbons (Fsp3) is 0.800. The van der Waals surface area contributed by atoms with Crippen molar-refractivity contribution in [2.24, 2.45) is 0 Å². The Balaban J connectivity index is 3.89. The van der Waals surface area contributed by atoms with Crippen LogP contribution >= 0.6 is 23.0 Å². The number of nitrogens with zero attached hydrogens (tertiary/aromatic N) is 1. The third kappa shape index (κ3) is 4.73. The lowest BCUT2D eigenvalue weighted by atomic mass is 10.6. The summed E-state index contributed by atoms with van der Waals surface area (Å²) in [6, 6.07) is 0. The van der Waals surface area contributed by atoms with Crippen molar-refractivity contribution in [3.05, 3.63) is 0 Å². The van der Waals surface area contributed by atoms with Gasteiger partial charge < -0.3 is 4.90 Å². The molecule has 6 heteroatoms. The fourth-order valence-corrected chi connectivity index (χ4v) is 2.55. The van der Waals surface area contributed by atoms with Crippen LogP contribution in [0.2, 0.25) is 0 Å². The number of thiocarbonyl (C=S) groups is 1. The van der Waals surface area contributed by atoms with Gasteiger partial charge in [-0.05, 0) is 13.8 Å². The molecular weight excluding hydrogens is 202 g/mol. The molecule has 0 aromatic rings. The van der Waals surface area contributed by atoms with Crippen molar-refractivity contribution in [2.45, 2.75) is 13.8 Å². The zero-order chi connectivity index (χ0) is 8.85. The molecule has 0 aliphatic carbocycles. The summed E-state index contributed by atoms with van der Waals surface area (Å²) in [5.74, 6) is 0. The molecule has 0 rings (SSSR count). The van der Waals surface area contributed by atoms with E-state index in [0.717, 1.165) is 23.9 Å². The van der Waals surface area contributed by atoms with E-state index >= 15 is 0 Å². The van der Waals surface area contributed by atoms with Crippen molar-refractivity contribution in [1.29, 1.82) is 0 Å². The number of hydrogen-bond acceptors (Lipinski definition) is 3. The van der Waals surface area contributed by atoms with Crippen molar-refractivity contribution in [3.63, 3.8) is 0 Å². The third-order valence-corrected chi connectivity index (χ3v) is 3.43. The van der Waals surface area contributed by atoms with Crippen LogP contribution in [0.1, 0.15) is 13.8 Å². The predicted octanol–water partition coefficient (Wildman–Crippen LogP) is 1.48. The molecule has 0 fully saturated rings. The highest BCUT2D eigenvalue weighted by molar-refractivity contribution is 8.75. The van der Waals surface area contributed by atoms with Gasteiger partial charge in [0.25, 0.3) is 0 Å². The van der Waals surface area contributed by atoms with Gasteiger partial charge in [0.05, 0.1) is 0 Å². The smallest absolute Gasteiger partial charge is 0.223 e. The van der Waals surface area contributed by atoms with E-state index in [0.29, 0.717) is 4.32 Å². The summed E-state index contributed by atoms with van der Waals surface area (Å²) in [6.45, 7) is 5.46. The topological polar surface area (TPSA) is 40.5 Å². The van der Waals surface area contributed by atoms with Crippen LogP contribution in [-0.4, -0.2) is 31.1 Å². The number of rotatable bonds is 3. The van der Waals surface area contributed by atoms with Crippen molar-refractivity contribution in [3.8, 4) is 0 Å². The Morgan fingerprint density at radius 1 is 1.64 bits per heavy atom. The van der Waals surface area contributed by atoms with Gasteiger partial charge >= 0.3 is 0 Å². The van der Waals surface area contributed by atoms with Crippen LogP contribution in [0.15, 0.2) is 0 Å². The highest BCUT2D eigenvalue weighted by atomic mass is 33.1. The van der Waals surface area contributed by atoms with Crippen LogP contribution < -0.4 is 0 Å². The average Bonchev–Trinajstić information content (AvgIpc) is 1.88. The molecule has 0 aromatic heterocycles. The maximum Gasteiger partial charge on any atom is 0.223 e. The minimum atomic E-state index is -1.89. The van der Waals surface area contributed by atoms with E-state index in [9.17, 15) is 4.21 Å². The molecule has 0 aliphatic heterocycles. The summed E-state index contributed by atoms with van der Waals surface area (Å²) in [6.07, 6.45) is 0. The highest BCUT2D eigenvalue weighted by Crippen LogP contribution is 2.11. The molecule has 0 heterocycles. The summed E-state index contributed by atoms with van der Waals surface area (Å²) in [5, 5.41) is 0. The molecular formula is C5H11NO2S3. The van der Waals surface area contributed by atoms with Gasteiger partial charge in [0.1, 0.15) is 0 Å². The lowest BCUT2D eigenvalue weighted by molar-refractivity contribution is 0.482. The van der Waals surface area contributed by atoms with Crippen molar-refractivity contribution in [2.75, 3.05) is 13.1 Å². The van der Waals surface area contributed by atoms with E-state index in [1.54, 1.807) is 0 Å². The summed E-state index contributed by atoms with van der Waals surface area (Å²) in [5.41, 5.74) is 0. The molecule has 66 valence electrons. The minimum absolute atomic E-state index is 0.482. The van der Waals surface area contributed by atoms with Crippen LogP contribution in [0.4, 0.5) is 0 Å². The van der Waals surface area contributed by atoms with Crippen LogP contribution in [0.5, 0.6) is 0 Å². The Bertz CT molecular complexity index is 158. The SMILES string of the molecule is CCN(CC)C(=S)SS(=O)O. The van der Waals surface area contributed by atoms with Crippen molar-refractivity contribution in [1.82, 2.24) is 4.90 Å². The van der Waals surface area contributed by atoms with Crippen molar-refractivity contribution < 1.29 is 8.76 Å². The van der Waals surface area contributed by atoms with Gasteiger partial charge in [0.2, 0.25) is 10.1 Å². The highest BCUT2D eigenvalue weighted by Gasteiger charge is 2.08. The van der Waals surface area contributed by atoms with Gasteiger partial charge in [-0.25, -0.2) is 4.21 Å². The van der Waals surface area contributed by atoms with E-state index < -0.39 is 10.1 Å². The second kappa shape index (κ2) is 5.93. The van der Waals surface area contributed by atoms with E-state index in [2.05, 4.69) is 0 Å². The number of hydrogen-bond donors (Lipinski definition) is 1. The third-order valence-electron chi connectivity index (χ3n) is 1.16. The Morgan fingerprint density at radius 3 is 2.36 bits per heavy atom. The van der Waals surface area contributed by atoms with Crippen LogP contribution in [0.3, 0.4) is 0 Å². The van der Waals surface area contributed by atoms with E-state index in [1.165, 1.54) is 0 Å². The minimum Gasteiger partial charge on any atom is -0.357 e. The lowest BCUT2D eigenvalue weighted by Crippen LogP contribution is -2.26. The standard InChI is InChI=1S/C5H11NO2S3/c1-3-6(4-2)5(9)10-11(7)8/h3-4H2,1-2H3,(H,7,8). The molecule has 3 nitrogen and oxygen atoms in total. The maximum absolute atomic E-state index is 10.3. The second-order valence-electron chi connectivity index (χ2n) is 1.74. The van der Waals surface area contributed by atoms with Crippen molar-refractivity contribution >= 4 is 37.4 Å². The van der Waals surface area contributed by atoms with E-state index in [1.807, 2.05) is 18.7 Å². The van der Waals surface area contributed by atoms with Gasteiger partial charge in [0.15, 0.2) is 4.32 Å². The first-order valence-corrected chi connectivity index (χ1v) is 6.04. The van der Waals surface area contributed by atoms with E-state index in [4.69, 9.17) is 16.8 Å². The van der Waals surface area contributed by atoms with Crippen LogP contribution in [0.25, 0.3) is 0 Å². The molecule has 1 unspecified atom stereocenters. The first-order chi connectivity index (χ1) is 5.11. The Hall–Kier alpha value is 0.350. The Labute approximate surface area is 78.2 Å². The lowest BCUT2D eigenvalue weighted by Gasteiger charge is -2.18. The summed E-state index contributed by atoms with van der Waals surface area (Å²) < 4.78 is 19.3. The fourth-order valence-electron chi connectivity index (χ4n) is 0.595. The molecule has 0 radical (unpaired) electrons. The molecule has 1 N–H and O–H groups in total. The molecule has 0 aromatic carbocycles. The second-order valence-corrected chi connectivity index (χ2v) is 4.73. The van der Waals surface area contributed by atoms with Gasteiger partial charge in [0, 0.05) is 23.9 Å². The molecule has 0 aliphatic rings. The monoisotopic (exact) mass is 213 g/mol. The molecule has 11 heavy (non-hydrogen) atoms. The Morgan fingerprint density at radius 2 is 2.09 bits per heavy atom. The largest absolute Gasteiger partial charge is 0.357 e. The zero-order valence-corrected chi connectivity index (χ0v) is 8.89. The van der Waals surface area contributed by atoms with Gasteiger partial charge in [-0.2, -0.15) is 0 Å². The van der Waals surface area contributed by atoms with Gasteiger partial charge in [-0.1, -0.05) is 12.2 Å². The van der Waals surface area contributed by atoms with Crippen LogP contribution in [0, 0.1) is 0 Å². The first-order valence-electron chi connectivity index (χ1n) is 3.19. The van der Waals surface area contributed by atoms with E-state index in [-0.39, 0.29) is 0 Å². The molecule has 0 amide bonds. The quantitative estimate of drug-likeness (QED) is 0.437. The molecule has 1 atom stereocenters. The first kappa shape index (κ1) is 11.4. The van der Waals surface area contributed by atoms with Crippen LogP contribution in [-0.2, 0) is 10.1 Å².